The quantitative estimate of drug-likeness (QED) is 0.860. The van der Waals surface area contributed by atoms with E-state index in [0.717, 1.165) is 5.56 Å². The van der Waals surface area contributed by atoms with Gasteiger partial charge in [-0.15, -0.1) is 0 Å². The van der Waals surface area contributed by atoms with Gasteiger partial charge in [0, 0.05) is 24.3 Å². The van der Waals surface area contributed by atoms with E-state index in [2.05, 4.69) is 0 Å². The summed E-state index contributed by atoms with van der Waals surface area (Å²) in [6, 6.07) is 14.0. The Labute approximate surface area is 130 Å². The van der Waals surface area contributed by atoms with E-state index in [4.69, 9.17) is 17.3 Å². The van der Waals surface area contributed by atoms with Crippen molar-refractivity contribution in [3.8, 4) is 0 Å². The molecule has 4 nitrogen and oxygen atoms in total. The van der Waals surface area contributed by atoms with Crippen LogP contribution in [0.1, 0.15) is 11.1 Å². The lowest BCUT2D eigenvalue weighted by molar-refractivity contribution is 0.466. The predicted molar refractivity (Wildman–Crippen MR) is 86.4 cm³/mol. The molecule has 0 bridgehead atoms. The van der Waals surface area contributed by atoms with E-state index in [1.165, 1.54) is 4.31 Å². The van der Waals surface area contributed by atoms with E-state index in [1.807, 2.05) is 12.1 Å². The first-order valence-electron chi connectivity index (χ1n) is 6.40. The lowest BCUT2D eigenvalue weighted by Crippen LogP contribution is -2.27. The van der Waals surface area contributed by atoms with E-state index in [9.17, 15) is 8.42 Å². The monoisotopic (exact) mass is 324 g/mol. The minimum Gasteiger partial charge on any atom is -0.399 e. The summed E-state index contributed by atoms with van der Waals surface area (Å²) in [6.45, 7) is 0.307. The van der Waals surface area contributed by atoms with Crippen molar-refractivity contribution in [1.82, 2.24) is 4.31 Å². The number of hydrogen-bond acceptors (Lipinski definition) is 3. The number of nitrogens with two attached hydrogens (primary N) is 1. The maximum atomic E-state index is 12.3. The summed E-state index contributed by atoms with van der Waals surface area (Å²) in [4.78, 5) is 0. The number of rotatable bonds is 5. The zero-order chi connectivity index (χ0) is 15.5. The number of halogens is 1. The Balaban J connectivity index is 2.09. The van der Waals surface area contributed by atoms with Gasteiger partial charge in [-0.1, -0.05) is 35.9 Å². The minimum absolute atomic E-state index is 0.0673. The second-order valence-corrected chi connectivity index (χ2v) is 7.40. The molecule has 2 N–H and O–H groups in total. The highest BCUT2D eigenvalue weighted by Gasteiger charge is 2.18. The maximum absolute atomic E-state index is 12.3. The van der Waals surface area contributed by atoms with Crippen molar-refractivity contribution in [2.75, 3.05) is 12.8 Å². The molecule has 0 aromatic heterocycles. The third-order valence-electron chi connectivity index (χ3n) is 3.09. The Bertz CT molecular complexity index is 715. The summed E-state index contributed by atoms with van der Waals surface area (Å²) in [7, 11) is -1.83. The molecule has 0 heterocycles. The molecule has 0 atom stereocenters. The van der Waals surface area contributed by atoms with Gasteiger partial charge in [-0.2, -0.15) is 0 Å². The van der Waals surface area contributed by atoms with Crippen molar-refractivity contribution in [3.63, 3.8) is 0 Å². The fourth-order valence-electron chi connectivity index (χ4n) is 1.95. The number of sulfonamides is 1. The molecule has 0 fully saturated rings. The van der Waals surface area contributed by atoms with Crippen LogP contribution in [0.4, 0.5) is 5.69 Å². The summed E-state index contributed by atoms with van der Waals surface area (Å²) in [6.07, 6.45) is 0. The fourth-order valence-corrected chi connectivity index (χ4v) is 3.24. The van der Waals surface area contributed by atoms with Crippen LogP contribution < -0.4 is 5.73 Å². The molecule has 0 saturated carbocycles. The molecule has 0 saturated heterocycles. The lowest BCUT2D eigenvalue weighted by atomic mass is 10.2. The van der Waals surface area contributed by atoms with E-state index in [-0.39, 0.29) is 5.75 Å². The first-order valence-corrected chi connectivity index (χ1v) is 8.38. The van der Waals surface area contributed by atoms with Crippen molar-refractivity contribution < 1.29 is 8.42 Å². The molecule has 21 heavy (non-hydrogen) atoms. The SMILES string of the molecule is CN(Cc1ccc(Cl)cc1)S(=O)(=O)Cc1cccc(N)c1. The Morgan fingerprint density at radius 3 is 2.38 bits per heavy atom. The van der Waals surface area contributed by atoms with Crippen LogP contribution in [0.3, 0.4) is 0 Å². The van der Waals surface area contributed by atoms with Crippen molar-refractivity contribution in [2.24, 2.45) is 0 Å². The third-order valence-corrected chi connectivity index (χ3v) is 5.12. The standard InChI is InChI=1S/C15H17ClN2O2S/c1-18(10-12-5-7-14(16)8-6-12)21(19,20)11-13-3-2-4-15(17)9-13/h2-9H,10-11,17H2,1H3. The smallest absolute Gasteiger partial charge is 0.218 e. The van der Waals surface area contributed by atoms with Crippen LogP contribution in [-0.4, -0.2) is 19.8 Å². The Morgan fingerprint density at radius 2 is 1.76 bits per heavy atom. The Morgan fingerprint density at radius 1 is 1.10 bits per heavy atom. The number of benzene rings is 2. The molecule has 2 aromatic rings. The molecule has 2 rings (SSSR count). The summed E-state index contributed by atoms with van der Waals surface area (Å²) < 4.78 is 26.0. The summed E-state index contributed by atoms with van der Waals surface area (Å²) in [5.41, 5.74) is 7.79. The first-order chi connectivity index (χ1) is 9.87. The molecule has 2 aromatic carbocycles. The first kappa shape index (κ1) is 15.8. The average Bonchev–Trinajstić information content (AvgIpc) is 2.41. The van der Waals surface area contributed by atoms with E-state index in [1.54, 1.807) is 43.4 Å². The number of nitrogen functional groups attached to an aromatic ring is 1. The van der Waals surface area contributed by atoms with Gasteiger partial charge in [0.15, 0.2) is 0 Å². The zero-order valence-electron chi connectivity index (χ0n) is 11.7. The van der Waals surface area contributed by atoms with Gasteiger partial charge in [-0.3, -0.25) is 0 Å². The number of anilines is 1. The second-order valence-electron chi connectivity index (χ2n) is 4.88. The zero-order valence-corrected chi connectivity index (χ0v) is 13.2. The van der Waals surface area contributed by atoms with Crippen LogP contribution in [0.25, 0.3) is 0 Å². The van der Waals surface area contributed by atoms with Gasteiger partial charge in [0.1, 0.15) is 0 Å². The number of nitrogens with zero attached hydrogens (tertiary/aromatic N) is 1. The molecule has 0 amide bonds. The summed E-state index contributed by atoms with van der Waals surface area (Å²) >= 11 is 5.82. The highest BCUT2D eigenvalue weighted by molar-refractivity contribution is 7.88. The molecule has 0 spiro atoms. The molecule has 0 aliphatic rings. The predicted octanol–water partition coefficient (Wildman–Crippen LogP) is 2.88. The van der Waals surface area contributed by atoms with E-state index < -0.39 is 10.0 Å². The number of hydrogen-bond donors (Lipinski definition) is 1. The van der Waals surface area contributed by atoms with Crippen molar-refractivity contribution in [2.45, 2.75) is 12.3 Å². The molecule has 0 radical (unpaired) electrons. The van der Waals surface area contributed by atoms with Crippen LogP contribution in [0, 0.1) is 0 Å². The molecule has 0 aliphatic carbocycles. The average molecular weight is 325 g/mol. The van der Waals surface area contributed by atoms with Crippen LogP contribution in [-0.2, 0) is 22.3 Å². The van der Waals surface area contributed by atoms with Gasteiger partial charge < -0.3 is 5.73 Å². The van der Waals surface area contributed by atoms with Crippen molar-refractivity contribution >= 4 is 27.3 Å². The van der Waals surface area contributed by atoms with E-state index >= 15 is 0 Å². The molecular formula is C15H17ClN2O2S. The topological polar surface area (TPSA) is 63.4 Å². The van der Waals surface area contributed by atoms with Gasteiger partial charge >= 0.3 is 0 Å². The van der Waals surface area contributed by atoms with Crippen molar-refractivity contribution in [1.29, 1.82) is 0 Å². The highest BCUT2D eigenvalue weighted by Crippen LogP contribution is 2.16. The van der Waals surface area contributed by atoms with Crippen LogP contribution in [0.2, 0.25) is 5.02 Å². The molecule has 0 unspecified atom stereocenters. The molecule has 0 aliphatic heterocycles. The lowest BCUT2D eigenvalue weighted by Gasteiger charge is -2.17. The van der Waals surface area contributed by atoms with Gasteiger partial charge in [0.2, 0.25) is 10.0 Å². The highest BCUT2D eigenvalue weighted by atomic mass is 35.5. The molecular weight excluding hydrogens is 308 g/mol. The van der Waals surface area contributed by atoms with Gasteiger partial charge in [0.05, 0.1) is 5.75 Å². The normalized spacial score (nSPS) is 11.8. The largest absolute Gasteiger partial charge is 0.399 e. The Hall–Kier alpha value is -1.56. The maximum Gasteiger partial charge on any atom is 0.218 e. The second kappa shape index (κ2) is 6.47. The van der Waals surface area contributed by atoms with Crippen LogP contribution in [0.15, 0.2) is 48.5 Å². The Kier molecular flexibility index (Phi) is 4.88. The third kappa shape index (κ3) is 4.46. The van der Waals surface area contributed by atoms with Crippen molar-refractivity contribution in [3.05, 3.63) is 64.7 Å². The summed E-state index contributed by atoms with van der Waals surface area (Å²) in [5.74, 6) is -0.0673. The molecule has 6 heteroatoms. The van der Waals surface area contributed by atoms with Crippen LogP contribution >= 0.6 is 11.6 Å². The van der Waals surface area contributed by atoms with Crippen LogP contribution in [0.5, 0.6) is 0 Å². The summed E-state index contributed by atoms with van der Waals surface area (Å²) in [5, 5.41) is 0.629. The van der Waals surface area contributed by atoms with Gasteiger partial charge in [-0.05, 0) is 35.4 Å². The van der Waals surface area contributed by atoms with E-state index in [0.29, 0.717) is 22.8 Å². The van der Waals surface area contributed by atoms with Gasteiger partial charge in [0.25, 0.3) is 0 Å². The fraction of sp³-hybridized carbons (Fsp3) is 0.200. The molecule has 112 valence electrons. The minimum atomic E-state index is -3.39. The van der Waals surface area contributed by atoms with Gasteiger partial charge in [-0.25, -0.2) is 12.7 Å².